The molecule has 0 spiro atoms. The second kappa shape index (κ2) is 7.26. The molecule has 2 aromatic heterocycles. The molecular formula is C14H19N5O2S. The molecule has 2 aromatic rings. The van der Waals surface area contributed by atoms with Gasteiger partial charge in [0.25, 0.3) is 0 Å². The van der Waals surface area contributed by atoms with Gasteiger partial charge in [-0.3, -0.25) is 14.5 Å². The monoisotopic (exact) mass is 321 g/mol. The molecule has 2 rings (SSSR count). The largest absolute Gasteiger partial charge is 0.338 e. The fraction of sp³-hybridized carbons (Fsp3) is 0.429. The summed E-state index contributed by atoms with van der Waals surface area (Å²) in [5, 5.41) is 13.2. The topological polar surface area (TPSA) is 88.4 Å². The van der Waals surface area contributed by atoms with Crippen LogP contribution in [0.1, 0.15) is 20.8 Å². The van der Waals surface area contributed by atoms with Crippen LogP contribution in [0.5, 0.6) is 0 Å². The van der Waals surface area contributed by atoms with Gasteiger partial charge in [0, 0.05) is 12.7 Å². The molecule has 2 heterocycles. The van der Waals surface area contributed by atoms with Crippen molar-refractivity contribution in [3.05, 3.63) is 24.4 Å². The minimum absolute atomic E-state index is 0.329. The van der Waals surface area contributed by atoms with E-state index < -0.39 is 11.3 Å². The van der Waals surface area contributed by atoms with Crippen LogP contribution in [0.15, 0.2) is 29.6 Å². The Labute approximate surface area is 132 Å². The maximum Gasteiger partial charge on any atom is 0.321 e. The number of urea groups is 1. The van der Waals surface area contributed by atoms with Crippen molar-refractivity contribution in [1.29, 1.82) is 0 Å². The van der Waals surface area contributed by atoms with Crippen LogP contribution in [0, 0.1) is 5.92 Å². The fourth-order valence-corrected chi connectivity index (χ4v) is 2.50. The number of imide groups is 1. The molecule has 0 radical (unpaired) electrons. The Kier molecular flexibility index (Phi) is 5.37. The van der Waals surface area contributed by atoms with Crippen molar-refractivity contribution in [2.24, 2.45) is 5.92 Å². The highest BCUT2D eigenvalue weighted by Crippen LogP contribution is 2.21. The molecule has 0 fully saturated rings. The van der Waals surface area contributed by atoms with E-state index in [2.05, 4.69) is 20.8 Å². The Morgan fingerprint density at radius 2 is 2.05 bits per heavy atom. The van der Waals surface area contributed by atoms with E-state index in [1.165, 1.54) is 11.8 Å². The minimum Gasteiger partial charge on any atom is -0.338 e. The molecule has 0 aliphatic heterocycles. The molecule has 22 heavy (non-hydrogen) atoms. The number of hydrogen-bond acceptors (Lipinski definition) is 5. The highest BCUT2D eigenvalue weighted by Gasteiger charge is 2.19. The Balaban J connectivity index is 1.92. The summed E-state index contributed by atoms with van der Waals surface area (Å²) in [5.74, 6) is -0.0334. The van der Waals surface area contributed by atoms with Crippen LogP contribution < -0.4 is 10.6 Å². The van der Waals surface area contributed by atoms with Gasteiger partial charge in [0.2, 0.25) is 5.91 Å². The van der Waals surface area contributed by atoms with Crippen LogP contribution in [0.4, 0.5) is 4.79 Å². The van der Waals surface area contributed by atoms with Gasteiger partial charge in [-0.1, -0.05) is 31.7 Å². The number of pyridine rings is 1. The normalized spacial score (nSPS) is 12.4. The molecule has 8 heteroatoms. The van der Waals surface area contributed by atoms with E-state index in [-0.39, 0.29) is 5.91 Å². The number of thioether (sulfide) groups is 1. The summed E-state index contributed by atoms with van der Waals surface area (Å²) in [6.45, 7) is 6.21. The number of carbonyl (C=O) groups is 2. The molecule has 7 nitrogen and oxygen atoms in total. The number of nitrogens with zero attached hydrogens (tertiary/aromatic N) is 3. The predicted octanol–water partition coefficient (Wildman–Crippen LogP) is 1.69. The third-order valence-corrected chi connectivity index (χ3v) is 3.90. The highest BCUT2D eigenvalue weighted by atomic mass is 32.2. The summed E-state index contributed by atoms with van der Waals surface area (Å²) in [7, 11) is 0. The van der Waals surface area contributed by atoms with Crippen molar-refractivity contribution >= 4 is 29.3 Å². The number of aromatic nitrogens is 3. The molecule has 118 valence electrons. The smallest absolute Gasteiger partial charge is 0.321 e. The quantitative estimate of drug-likeness (QED) is 0.818. The standard InChI is InChI=1S/C14H19N5O2S/c1-9(2)8-15-13(21)16-12(20)10(3)22-14-18-17-11-6-4-5-7-19(11)14/h4-7,9-10H,8H2,1-3H3,(H2,15,16,20,21). The van der Waals surface area contributed by atoms with Crippen molar-refractivity contribution < 1.29 is 9.59 Å². The van der Waals surface area contributed by atoms with Crippen molar-refractivity contribution in [3.8, 4) is 0 Å². The number of carbonyl (C=O) groups excluding carboxylic acids is 2. The second-order valence-electron chi connectivity index (χ2n) is 5.26. The Bertz CT molecular complexity index is 670. The van der Waals surface area contributed by atoms with Crippen LogP contribution >= 0.6 is 11.8 Å². The second-order valence-corrected chi connectivity index (χ2v) is 6.57. The van der Waals surface area contributed by atoms with Gasteiger partial charge in [0.05, 0.1) is 5.25 Å². The van der Waals surface area contributed by atoms with Gasteiger partial charge in [0.1, 0.15) is 0 Å². The Morgan fingerprint density at radius 3 is 2.77 bits per heavy atom. The van der Waals surface area contributed by atoms with E-state index >= 15 is 0 Å². The van der Waals surface area contributed by atoms with E-state index in [1.54, 1.807) is 11.3 Å². The van der Waals surface area contributed by atoms with Crippen LogP contribution in [0.25, 0.3) is 5.65 Å². The maximum atomic E-state index is 12.0. The average molecular weight is 321 g/mol. The number of fused-ring (bicyclic) bond motifs is 1. The lowest BCUT2D eigenvalue weighted by Gasteiger charge is -2.11. The van der Waals surface area contributed by atoms with E-state index in [0.717, 1.165) is 0 Å². The summed E-state index contributed by atoms with van der Waals surface area (Å²) >= 11 is 1.25. The molecule has 0 saturated heterocycles. The molecular weight excluding hydrogens is 302 g/mol. The lowest BCUT2D eigenvalue weighted by molar-refractivity contribution is -0.119. The third-order valence-electron chi connectivity index (χ3n) is 2.84. The third kappa shape index (κ3) is 4.20. The predicted molar refractivity (Wildman–Crippen MR) is 84.7 cm³/mol. The van der Waals surface area contributed by atoms with Gasteiger partial charge < -0.3 is 5.32 Å². The number of amides is 3. The highest BCUT2D eigenvalue weighted by molar-refractivity contribution is 8.00. The molecule has 3 amide bonds. The first kappa shape index (κ1) is 16.3. The van der Waals surface area contributed by atoms with E-state index in [4.69, 9.17) is 0 Å². The van der Waals surface area contributed by atoms with Gasteiger partial charge in [-0.15, -0.1) is 10.2 Å². The van der Waals surface area contributed by atoms with E-state index in [0.29, 0.717) is 23.3 Å². The summed E-state index contributed by atoms with van der Waals surface area (Å²) in [6.07, 6.45) is 1.83. The molecule has 0 aliphatic rings. The molecule has 2 N–H and O–H groups in total. The number of nitrogens with one attached hydrogen (secondary N) is 2. The summed E-state index contributed by atoms with van der Waals surface area (Å²) in [4.78, 5) is 23.6. The van der Waals surface area contributed by atoms with Gasteiger partial charge in [-0.05, 0) is 25.0 Å². The zero-order chi connectivity index (χ0) is 16.1. The SMILES string of the molecule is CC(C)CNC(=O)NC(=O)C(C)Sc1nnc2ccccn12. The lowest BCUT2D eigenvalue weighted by Crippen LogP contribution is -2.43. The Morgan fingerprint density at radius 1 is 1.27 bits per heavy atom. The van der Waals surface area contributed by atoms with E-state index in [9.17, 15) is 9.59 Å². The molecule has 0 aliphatic carbocycles. The van der Waals surface area contributed by atoms with E-state index in [1.807, 2.05) is 38.2 Å². The first-order valence-corrected chi connectivity index (χ1v) is 7.90. The number of rotatable bonds is 5. The summed E-state index contributed by atoms with van der Waals surface area (Å²) in [6, 6.07) is 5.09. The Hall–Kier alpha value is -2.09. The summed E-state index contributed by atoms with van der Waals surface area (Å²) in [5.41, 5.74) is 0.715. The van der Waals surface area contributed by atoms with Crippen LogP contribution in [0.3, 0.4) is 0 Å². The van der Waals surface area contributed by atoms with Crippen molar-refractivity contribution in [2.45, 2.75) is 31.2 Å². The average Bonchev–Trinajstić information content (AvgIpc) is 2.88. The zero-order valence-electron chi connectivity index (χ0n) is 12.7. The van der Waals surface area contributed by atoms with Gasteiger partial charge in [-0.25, -0.2) is 4.79 Å². The molecule has 1 unspecified atom stereocenters. The first-order chi connectivity index (χ1) is 10.5. The maximum absolute atomic E-state index is 12.0. The van der Waals surface area contributed by atoms with Gasteiger partial charge in [0.15, 0.2) is 10.8 Å². The van der Waals surface area contributed by atoms with Crippen molar-refractivity contribution in [2.75, 3.05) is 6.54 Å². The van der Waals surface area contributed by atoms with Crippen molar-refractivity contribution in [3.63, 3.8) is 0 Å². The van der Waals surface area contributed by atoms with Crippen LogP contribution in [-0.4, -0.2) is 38.3 Å². The number of hydrogen-bond donors (Lipinski definition) is 2. The molecule has 1 atom stereocenters. The molecule has 0 aromatic carbocycles. The molecule has 0 saturated carbocycles. The van der Waals surface area contributed by atoms with Crippen LogP contribution in [0.2, 0.25) is 0 Å². The molecule has 0 bridgehead atoms. The first-order valence-electron chi connectivity index (χ1n) is 7.02. The summed E-state index contributed by atoms with van der Waals surface area (Å²) < 4.78 is 1.80. The van der Waals surface area contributed by atoms with Crippen molar-refractivity contribution in [1.82, 2.24) is 25.2 Å². The zero-order valence-corrected chi connectivity index (χ0v) is 13.6. The van der Waals surface area contributed by atoms with Gasteiger partial charge in [-0.2, -0.15) is 0 Å². The van der Waals surface area contributed by atoms with Crippen LogP contribution in [-0.2, 0) is 4.79 Å². The minimum atomic E-state index is -0.475. The van der Waals surface area contributed by atoms with Gasteiger partial charge >= 0.3 is 6.03 Å². The fourth-order valence-electron chi connectivity index (χ4n) is 1.67. The lowest BCUT2D eigenvalue weighted by atomic mass is 10.2.